The molecule has 1 aromatic carbocycles. The van der Waals surface area contributed by atoms with Crippen molar-refractivity contribution in [2.24, 2.45) is 0 Å². The fraction of sp³-hybridized carbons (Fsp3) is 0.167. The maximum Gasteiger partial charge on any atom is 0.244 e. The third-order valence-corrected chi connectivity index (χ3v) is 3.44. The summed E-state index contributed by atoms with van der Waals surface area (Å²) >= 11 is 0. The van der Waals surface area contributed by atoms with Crippen LogP contribution in [0.5, 0.6) is 0 Å². The van der Waals surface area contributed by atoms with Crippen LogP contribution >= 0.6 is 0 Å². The smallest absolute Gasteiger partial charge is 0.244 e. The third-order valence-electron chi connectivity index (χ3n) is 3.44. The number of carbonyl (C=O) groups excluding carboxylic acids is 1. The van der Waals surface area contributed by atoms with Gasteiger partial charge in [-0.15, -0.1) is 0 Å². The standard InChI is InChI=1S/C18H17NO3/c1-12-9-15(13(2)21-12)11-19-18(20)8-7-16-10-14-5-3-4-6-17(14)22-16/h3-10H,11H2,1-2H3,(H,19,20)/b8-7+. The van der Waals surface area contributed by atoms with Gasteiger partial charge in [-0.1, -0.05) is 18.2 Å². The molecule has 3 aromatic rings. The van der Waals surface area contributed by atoms with Gasteiger partial charge >= 0.3 is 0 Å². The zero-order valence-electron chi connectivity index (χ0n) is 12.6. The van der Waals surface area contributed by atoms with Crippen molar-refractivity contribution in [2.75, 3.05) is 0 Å². The Bertz CT molecular complexity index is 806. The van der Waals surface area contributed by atoms with Crippen molar-refractivity contribution in [2.45, 2.75) is 20.4 Å². The van der Waals surface area contributed by atoms with E-state index in [0.29, 0.717) is 12.3 Å². The maximum absolute atomic E-state index is 11.9. The molecule has 1 amide bonds. The Morgan fingerprint density at radius 3 is 2.73 bits per heavy atom. The molecule has 2 heterocycles. The largest absolute Gasteiger partial charge is 0.466 e. The van der Waals surface area contributed by atoms with Crippen LogP contribution in [0.4, 0.5) is 0 Å². The molecule has 0 aliphatic rings. The van der Waals surface area contributed by atoms with Gasteiger partial charge in [-0.25, -0.2) is 0 Å². The number of fused-ring (bicyclic) bond motifs is 1. The minimum absolute atomic E-state index is 0.168. The summed E-state index contributed by atoms with van der Waals surface area (Å²) in [5.41, 5.74) is 1.80. The van der Waals surface area contributed by atoms with Crippen molar-refractivity contribution >= 4 is 23.0 Å². The number of furan rings is 2. The molecule has 22 heavy (non-hydrogen) atoms. The fourth-order valence-corrected chi connectivity index (χ4v) is 2.34. The van der Waals surface area contributed by atoms with Crippen LogP contribution < -0.4 is 5.32 Å². The van der Waals surface area contributed by atoms with E-state index in [-0.39, 0.29) is 5.91 Å². The average Bonchev–Trinajstić information content (AvgIpc) is 3.05. The Morgan fingerprint density at radius 2 is 2.00 bits per heavy atom. The molecule has 2 aromatic heterocycles. The molecule has 4 heteroatoms. The van der Waals surface area contributed by atoms with Gasteiger partial charge in [0.15, 0.2) is 0 Å². The summed E-state index contributed by atoms with van der Waals surface area (Å²) in [7, 11) is 0. The van der Waals surface area contributed by atoms with Gasteiger partial charge in [-0.05, 0) is 38.1 Å². The Morgan fingerprint density at radius 1 is 1.18 bits per heavy atom. The number of hydrogen-bond donors (Lipinski definition) is 1. The predicted octanol–water partition coefficient (Wildman–Crippen LogP) is 3.97. The summed E-state index contributed by atoms with van der Waals surface area (Å²) in [6.45, 7) is 4.23. The molecular formula is C18H17NO3. The number of hydrogen-bond acceptors (Lipinski definition) is 3. The topological polar surface area (TPSA) is 55.4 Å². The Kier molecular flexibility index (Phi) is 3.83. The highest BCUT2D eigenvalue weighted by Crippen LogP contribution is 2.19. The zero-order valence-corrected chi connectivity index (χ0v) is 12.6. The van der Waals surface area contributed by atoms with Gasteiger partial charge in [0.2, 0.25) is 5.91 Å². The van der Waals surface area contributed by atoms with Gasteiger partial charge in [0.05, 0.1) is 0 Å². The minimum Gasteiger partial charge on any atom is -0.466 e. The number of benzene rings is 1. The Hall–Kier alpha value is -2.75. The van der Waals surface area contributed by atoms with Gasteiger partial charge in [-0.2, -0.15) is 0 Å². The lowest BCUT2D eigenvalue weighted by Crippen LogP contribution is -2.20. The van der Waals surface area contributed by atoms with Crippen LogP contribution in [-0.2, 0) is 11.3 Å². The molecule has 0 unspecified atom stereocenters. The van der Waals surface area contributed by atoms with Crippen molar-refractivity contribution in [3.05, 3.63) is 65.3 Å². The minimum atomic E-state index is -0.168. The van der Waals surface area contributed by atoms with E-state index in [0.717, 1.165) is 28.1 Å². The molecule has 0 bridgehead atoms. The van der Waals surface area contributed by atoms with Crippen molar-refractivity contribution in [3.63, 3.8) is 0 Å². The highest BCUT2D eigenvalue weighted by molar-refractivity contribution is 5.92. The normalized spacial score (nSPS) is 11.4. The molecule has 1 N–H and O–H groups in total. The molecule has 3 rings (SSSR count). The molecular weight excluding hydrogens is 278 g/mol. The van der Waals surface area contributed by atoms with Gasteiger partial charge in [-0.3, -0.25) is 4.79 Å². The van der Waals surface area contributed by atoms with E-state index < -0.39 is 0 Å². The number of rotatable bonds is 4. The van der Waals surface area contributed by atoms with Crippen LogP contribution in [0.15, 0.2) is 51.3 Å². The van der Waals surface area contributed by atoms with Crippen LogP contribution in [0.2, 0.25) is 0 Å². The number of aryl methyl sites for hydroxylation is 2. The molecule has 0 spiro atoms. The third kappa shape index (κ3) is 3.11. The summed E-state index contributed by atoms with van der Waals surface area (Å²) in [6, 6.07) is 11.6. The van der Waals surface area contributed by atoms with Crippen LogP contribution in [0.3, 0.4) is 0 Å². The average molecular weight is 295 g/mol. The van der Waals surface area contributed by atoms with E-state index in [2.05, 4.69) is 5.32 Å². The lowest BCUT2D eigenvalue weighted by Gasteiger charge is -1.99. The van der Waals surface area contributed by atoms with Crippen molar-refractivity contribution in [3.8, 4) is 0 Å². The monoisotopic (exact) mass is 295 g/mol. The molecule has 0 fully saturated rings. The van der Waals surface area contributed by atoms with Crippen molar-refractivity contribution in [1.82, 2.24) is 5.32 Å². The van der Waals surface area contributed by atoms with Crippen LogP contribution in [0, 0.1) is 13.8 Å². The van der Waals surface area contributed by atoms with E-state index in [1.807, 2.05) is 50.2 Å². The van der Waals surface area contributed by atoms with Crippen LogP contribution in [-0.4, -0.2) is 5.91 Å². The first kappa shape index (κ1) is 14.2. The van der Waals surface area contributed by atoms with E-state index in [1.165, 1.54) is 6.08 Å². The maximum atomic E-state index is 11.9. The highest BCUT2D eigenvalue weighted by Gasteiger charge is 2.05. The van der Waals surface area contributed by atoms with E-state index in [4.69, 9.17) is 8.83 Å². The summed E-state index contributed by atoms with van der Waals surface area (Å²) in [5.74, 6) is 2.17. The lowest BCUT2D eigenvalue weighted by molar-refractivity contribution is -0.116. The second-order valence-corrected chi connectivity index (χ2v) is 5.18. The summed E-state index contributed by atoms with van der Waals surface area (Å²) in [5, 5.41) is 3.85. The first-order chi connectivity index (χ1) is 10.6. The van der Waals surface area contributed by atoms with Gasteiger partial charge in [0.25, 0.3) is 0 Å². The van der Waals surface area contributed by atoms with E-state index >= 15 is 0 Å². The Balaban J connectivity index is 1.62. The number of para-hydroxylation sites is 1. The fourth-order valence-electron chi connectivity index (χ4n) is 2.34. The molecule has 0 saturated carbocycles. The number of carbonyl (C=O) groups is 1. The molecule has 4 nitrogen and oxygen atoms in total. The molecule has 0 atom stereocenters. The quantitative estimate of drug-likeness (QED) is 0.741. The number of nitrogens with one attached hydrogen (secondary N) is 1. The molecule has 112 valence electrons. The first-order valence-electron chi connectivity index (χ1n) is 7.12. The summed E-state index contributed by atoms with van der Waals surface area (Å²) < 4.78 is 11.0. The summed E-state index contributed by atoms with van der Waals surface area (Å²) in [6.07, 6.45) is 3.14. The van der Waals surface area contributed by atoms with E-state index in [9.17, 15) is 4.79 Å². The van der Waals surface area contributed by atoms with Crippen molar-refractivity contribution in [1.29, 1.82) is 0 Å². The van der Waals surface area contributed by atoms with Crippen LogP contribution in [0.1, 0.15) is 22.8 Å². The predicted molar refractivity (Wildman–Crippen MR) is 85.3 cm³/mol. The van der Waals surface area contributed by atoms with Gasteiger partial charge < -0.3 is 14.2 Å². The van der Waals surface area contributed by atoms with Crippen LogP contribution in [0.25, 0.3) is 17.0 Å². The molecule has 0 saturated heterocycles. The second kappa shape index (κ2) is 5.93. The Labute approximate surface area is 128 Å². The van der Waals surface area contributed by atoms with Gasteiger partial charge in [0, 0.05) is 23.6 Å². The SMILES string of the molecule is Cc1cc(CNC(=O)/C=C/c2cc3ccccc3o2)c(C)o1. The van der Waals surface area contributed by atoms with Crippen molar-refractivity contribution < 1.29 is 13.6 Å². The lowest BCUT2D eigenvalue weighted by atomic mass is 10.2. The van der Waals surface area contributed by atoms with Gasteiger partial charge in [0.1, 0.15) is 22.9 Å². The molecule has 0 aliphatic heterocycles. The van der Waals surface area contributed by atoms with E-state index in [1.54, 1.807) is 6.08 Å². The zero-order chi connectivity index (χ0) is 15.5. The highest BCUT2D eigenvalue weighted by atomic mass is 16.3. The first-order valence-corrected chi connectivity index (χ1v) is 7.12. The number of amides is 1. The summed E-state index contributed by atoms with van der Waals surface area (Å²) in [4.78, 5) is 11.9. The molecule has 0 aliphatic carbocycles. The second-order valence-electron chi connectivity index (χ2n) is 5.18. The molecule has 0 radical (unpaired) electrons.